The van der Waals surface area contributed by atoms with Crippen LogP contribution in [0, 0.1) is 18.6 Å². The van der Waals surface area contributed by atoms with Crippen LogP contribution in [0.3, 0.4) is 0 Å². The van der Waals surface area contributed by atoms with Crippen LogP contribution in [0.15, 0.2) is 212 Å². The Balaban J connectivity index is 0.000000148. The fraction of sp³-hybridized carbons (Fsp3) is 0.247. The van der Waals surface area contributed by atoms with Crippen LogP contribution in [-0.2, 0) is 12.4 Å². The summed E-state index contributed by atoms with van der Waals surface area (Å²) in [5, 5.41) is 0. The summed E-state index contributed by atoms with van der Waals surface area (Å²) in [5.41, 5.74) is 1.49. The van der Waals surface area contributed by atoms with Gasteiger partial charge in [0.1, 0.15) is 77.7 Å². The Kier molecular flexibility index (Phi) is 30.3. The number of ketones is 10. The molecule has 0 amide bonds. The molecule has 15 rings (SSSR count). The largest absolute Gasteiger partial charge is 0.486 e. The molecule has 0 saturated heterocycles. The smallest absolute Gasteiger partial charge is 0.417 e. The lowest BCUT2D eigenvalue weighted by Crippen LogP contribution is -2.18. The zero-order valence-electron chi connectivity index (χ0n) is 65.0. The summed E-state index contributed by atoms with van der Waals surface area (Å²) in [6.07, 6.45) is -9.66. The number of aryl methyl sites for hydroxylation is 1. The van der Waals surface area contributed by atoms with Crippen LogP contribution in [0.1, 0.15) is 184 Å². The van der Waals surface area contributed by atoms with Gasteiger partial charge in [0, 0.05) is 86.5 Å². The van der Waals surface area contributed by atoms with Crippen molar-refractivity contribution in [2.75, 3.05) is 66.1 Å². The monoisotopic (exact) mass is 1670 g/mol. The van der Waals surface area contributed by atoms with Gasteiger partial charge >= 0.3 is 12.4 Å². The van der Waals surface area contributed by atoms with Crippen molar-refractivity contribution >= 4 is 57.8 Å². The number of benzene rings is 10. The molecular weight excluding hydrogens is 1590 g/mol. The number of para-hydroxylation sites is 5. The quantitative estimate of drug-likeness (QED) is 0.0380. The number of hydrogen-bond donors (Lipinski definition) is 0. The van der Waals surface area contributed by atoms with Gasteiger partial charge < -0.3 is 47.4 Å². The van der Waals surface area contributed by atoms with Gasteiger partial charge in [-0.15, -0.1) is 0 Å². The van der Waals surface area contributed by atoms with Crippen molar-refractivity contribution in [2.45, 2.75) is 83.5 Å². The van der Waals surface area contributed by atoms with Crippen molar-refractivity contribution in [2.24, 2.45) is 0 Å². The summed E-state index contributed by atoms with van der Waals surface area (Å²) < 4.78 is 159. The predicted molar refractivity (Wildman–Crippen MR) is 424 cm³/mol. The number of alkyl halides is 6. The minimum absolute atomic E-state index is 0.00696. The highest BCUT2D eigenvalue weighted by atomic mass is 19.4. The first-order chi connectivity index (χ1) is 58.2. The van der Waals surface area contributed by atoms with Crippen molar-refractivity contribution in [3.05, 3.63) is 296 Å². The summed E-state index contributed by atoms with van der Waals surface area (Å²) in [6, 6.07) is 52.5. The lowest BCUT2D eigenvalue weighted by atomic mass is 9.97. The SMILES string of the molecule is Cc1ccc(C(=O)CCC(=O)c2cccc3c2OCCO3)cc1.O=C(CCC(=O)c1cccc2c1OCCO2)c1cccc(C(F)(F)F)c1.O=C(CCC(=O)c1cccc2c1OCCO2)c1cccc(F)c1.O=C(CCC(=O)c1cccc2c1OCCO2)c1ccccc1C(F)(F)F.O=C(CCC(=O)c1cccc2c1OCCO2)c1ccccc1F. The second-order valence-electron chi connectivity index (χ2n) is 27.4. The molecule has 0 spiro atoms. The summed E-state index contributed by atoms with van der Waals surface area (Å²) in [7, 11) is 0. The molecule has 0 aromatic heterocycles. The van der Waals surface area contributed by atoms with Crippen molar-refractivity contribution < 1.29 is 130 Å². The molecule has 5 aliphatic heterocycles. The van der Waals surface area contributed by atoms with E-state index < -0.39 is 58.0 Å². The minimum atomic E-state index is -4.63. The van der Waals surface area contributed by atoms with E-state index in [1.165, 1.54) is 66.7 Å². The van der Waals surface area contributed by atoms with E-state index in [4.69, 9.17) is 47.4 Å². The van der Waals surface area contributed by atoms with E-state index >= 15 is 0 Å². The molecule has 5 aliphatic rings. The number of halogens is 8. The van der Waals surface area contributed by atoms with E-state index in [0.717, 1.165) is 29.8 Å². The Hall–Kier alpha value is -13.7. The van der Waals surface area contributed by atoms with Crippen molar-refractivity contribution in [1.29, 1.82) is 0 Å². The molecule has 0 saturated carbocycles. The Labute approximate surface area is 688 Å². The first kappa shape index (κ1) is 88.2. The molecule has 0 N–H and O–H groups in total. The van der Waals surface area contributed by atoms with Crippen LogP contribution in [0.4, 0.5) is 35.1 Å². The molecule has 10 aromatic carbocycles. The second kappa shape index (κ2) is 41.6. The molecule has 0 radical (unpaired) electrons. The van der Waals surface area contributed by atoms with Gasteiger partial charge in [0.25, 0.3) is 0 Å². The molecule has 5 heterocycles. The number of ether oxygens (including phenoxy) is 10. The maximum Gasteiger partial charge on any atom is 0.417 e. The average molecular weight is 1670 g/mol. The highest BCUT2D eigenvalue weighted by Gasteiger charge is 2.36. The molecule has 10 aromatic rings. The summed E-state index contributed by atoms with van der Waals surface area (Å²) in [4.78, 5) is 123. The molecule has 0 atom stereocenters. The van der Waals surface area contributed by atoms with E-state index in [2.05, 4.69) is 0 Å². The van der Waals surface area contributed by atoms with Gasteiger partial charge in [-0.05, 0) is 110 Å². The highest BCUT2D eigenvalue weighted by Crippen LogP contribution is 2.41. The molecule has 0 unspecified atom stereocenters. The number of carbonyl (C=O) groups is 10. The molecule has 626 valence electrons. The Morgan fingerprint density at radius 1 is 0.256 bits per heavy atom. The molecule has 0 fully saturated rings. The van der Waals surface area contributed by atoms with Crippen LogP contribution in [0.5, 0.6) is 57.5 Å². The number of hydrogen-bond acceptors (Lipinski definition) is 20. The van der Waals surface area contributed by atoms with Gasteiger partial charge in [0.2, 0.25) is 0 Å². The molecular formula is C93H78F8O20. The second-order valence-corrected chi connectivity index (χ2v) is 27.4. The van der Waals surface area contributed by atoms with Crippen molar-refractivity contribution in [3.8, 4) is 57.5 Å². The van der Waals surface area contributed by atoms with Crippen LogP contribution in [-0.4, -0.2) is 124 Å². The third-order valence-corrected chi connectivity index (χ3v) is 19.0. The fourth-order valence-corrected chi connectivity index (χ4v) is 12.9. The normalized spacial score (nSPS) is 13.0. The summed E-state index contributed by atoms with van der Waals surface area (Å²) in [6.45, 7) is 5.92. The van der Waals surface area contributed by atoms with Gasteiger partial charge in [-0.3, -0.25) is 47.9 Å². The van der Waals surface area contributed by atoms with Gasteiger partial charge in [-0.1, -0.05) is 115 Å². The standard InChI is InChI=1S/2C19H15F3O4.C19H18O4.2C18H15FO4/c20-19(21,22)13-4-1-3-12(11-13)15(23)7-8-16(24)14-5-2-6-17-18(14)26-10-9-25-17;20-19(21,22)14-6-2-1-4-12(14)15(23)8-9-16(24)13-5-3-7-17-18(13)26-11-10-25-17;1-13-5-7-14(8-6-13)16(20)9-10-17(21)15-3-2-4-18-19(15)23-12-11-22-18;19-13-4-1-3-12(11-13)15(20)7-8-16(21)14-5-2-6-17-18(14)23-10-9-22-17;19-14-6-2-1-4-12(14)15(20)8-9-16(21)13-5-3-7-17-18(13)23-11-10-22-17/h1-6,11H,7-10H2;1-7H,8-11H2;2-8H,9-12H2,1H3;1-6,11H,7-10H2;1-7H,8-11H2. The van der Waals surface area contributed by atoms with Crippen LogP contribution in [0.2, 0.25) is 0 Å². The average Bonchev–Trinajstić information content (AvgIpc) is 0.840. The Bertz CT molecular complexity index is 5480. The van der Waals surface area contributed by atoms with E-state index in [1.807, 2.05) is 19.1 Å². The van der Waals surface area contributed by atoms with Crippen LogP contribution < -0.4 is 47.4 Å². The number of fused-ring (bicyclic) bond motifs is 5. The number of carbonyl (C=O) groups excluding carboxylic acids is 10. The lowest BCUT2D eigenvalue weighted by Gasteiger charge is -2.20. The minimum Gasteiger partial charge on any atom is -0.486 e. The van der Waals surface area contributed by atoms with E-state index in [-0.39, 0.29) is 127 Å². The Morgan fingerprint density at radius 2 is 0.529 bits per heavy atom. The van der Waals surface area contributed by atoms with Crippen molar-refractivity contribution in [3.63, 3.8) is 0 Å². The summed E-state index contributed by atoms with van der Waals surface area (Å²) >= 11 is 0. The highest BCUT2D eigenvalue weighted by molar-refractivity contribution is 6.08. The topological polar surface area (TPSA) is 263 Å². The molecule has 0 bridgehead atoms. The van der Waals surface area contributed by atoms with E-state index in [0.29, 0.717) is 151 Å². The third kappa shape index (κ3) is 23.8. The molecule has 20 nitrogen and oxygen atoms in total. The van der Waals surface area contributed by atoms with Crippen LogP contribution >= 0.6 is 0 Å². The number of rotatable bonds is 25. The lowest BCUT2D eigenvalue weighted by molar-refractivity contribution is -0.138. The first-order valence-electron chi connectivity index (χ1n) is 38.4. The zero-order chi connectivity index (χ0) is 86.2. The van der Waals surface area contributed by atoms with Gasteiger partial charge in [0.15, 0.2) is 115 Å². The van der Waals surface area contributed by atoms with Gasteiger partial charge in [0.05, 0.1) is 44.5 Å². The van der Waals surface area contributed by atoms with Crippen molar-refractivity contribution in [1.82, 2.24) is 0 Å². The third-order valence-electron chi connectivity index (χ3n) is 19.0. The number of Topliss-reactive ketones (excluding diaryl/α,β-unsaturated/α-hetero) is 10. The molecule has 121 heavy (non-hydrogen) atoms. The Morgan fingerprint density at radius 3 is 0.868 bits per heavy atom. The van der Waals surface area contributed by atoms with Gasteiger partial charge in [-0.2, -0.15) is 26.3 Å². The van der Waals surface area contributed by atoms with E-state index in [1.54, 1.807) is 109 Å². The zero-order valence-corrected chi connectivity index (χ0v) is 65.0. The molecule has 28 heteroatoms. The van der Waals surface area contributed by atoms with E-state index in [9.17, 15) is 83.1 Å². The summed E-state index contributed by atoms with van der Waals surface area (Å²) in [5.74, 6) is 0.356. The van der Waals surface area contributed by atoms with Crippen LogP contribution in [0.25, 0.3) is 0 Å². The maximum absolute atomic E-state index is 13.6. The molecule has 0 aliphatic carbocycles. The maximum atomic E-state index is 13.6. The predicted octanol–water partition coefficient (Wildman–Crippen LogP) is 19.1. The fourth-order valence-electron chi connectivity index (χ4n) is 12.9. The van der Waals surface area contributed by atoms with Gasteiger partial charge in [-0.25, -0.2) is 8.78 Å². The first-order valence-corrected chi connectivity index (χ1v) is 38.4.